The van der Waals surface area contributed by atoms with Gasteiger partial charge in [0.25, 0.3) is 5.91 Å². The molecule has 1 aliphatic heterocycles. The minimum Gasteiger partial charge on any atom is -0.487 e. The van der Waals surface area contributed by atoms with Gasteiger partial charge in [0.2, 0.25) is 0 Å². The van der Waals surface area contributed by atoms with E-state index in [1.54, 1.807) is 24.3 Å². The van der Waals surface area contributed by atoms with E-state index >= 15 is 0 Å². The van der Waals surface area contributed by atoms with Gasteiger partial charge in [0.05, 0.1) is 23.0 Å². The molecule has 1 aliphatic carbocycles. The number of anilines is 2. The first-order chi connectivity index (χ1) is 16.5. The lowest BCUT2D eigenvalue weighted by Crippen LogP contribution is -2.38. The molecule has 5 rings (SSSR count). The first-order valence-electron chi connectivity index (χ1n) is 11.2. The Morgan fingerprint density at radius 3 is 2.62 bits per heavy atom. The molecule has 0 radical (unpaired) electrons. The maximum atomic E-state index is 13.9. The van der Waals surface area contributed by atoms with Crippen molar-refractivity contribution in [2.45, 2.75) is 37.7 Å². The number of carbonyl (C=O) groups excluding carboxylic acids is 1. The van der Waals surface area contributed by atoms with Crippen LogP contribution in [0, 0.1) is 23.0 Å². The van der Waals surface area contributed by atoms with E-state index in [1.807, 2.05) is 0 Å². The Labute approximate surface area is 194 Å². The third kappa shape index (κ3) is 4.71. The number of rotatable bonds is 6. The normalized spacial score (nSPS) is 16.2. The summed E-state index contributed by atoms with van der Waals surface area (Å²) in [5.41, 5.74) is 1.89. The zero-order valence-corrected chi connectivity index (χ0v) is 18.3. The molecule has 174 valence electrons. The molecule has 1 saturated heterocycles. The largest absolute Gasteiger partial charge is 0.487 e. The third-order valence-electron chi connectivity index (χ3n) is 6.08. The fourth-order valence-electron chi connectivity index (χ4n) is 4.09. The molecule has 2 fully saturated rings. The average molecular weight is 464 g/mol. The van der Waals surface area contributed by atoms with Crippen LogP contribution in [0.2, 0.25) is 0 Å². The number of halogens is 2. The van der Waals surface area contributed by atoms with E-state index < -0.39 is 17.5 Å². The summed E-state index contributed by atoms with van der Waals surface area (Å²) < 4.78 is 38.1. The molecule has 0 unspecified atom stereocenters. The second kappa shape index (κ2) is 9.14. The van der Waals surface area contributed by atoms with Crippen molar-refractivity contribution in [3.05, 3.63) is 71.1 Å². The van der Waals surface area contributed by atoms with Crippen LogP contribution in [0.4, 0.5) is 20.2 Å². The zero-order chi connectivity index (χ0) is 23.7. The topological polar surface area (TPSA) is 91.4 Å². The van der Waals surface area contributed by atoms with Gasteiger partial charge in [0, 0.05) is 44.0 Å². The highest BCUT2D eigenvalue weighted by molar-refractivity contribution is 6.04. The van der Waals surface area contributed by atoms with Crippen molar-refractivity contribution in [1.82, 2.24) is 5.16 Å². The Kier molecular flexibility index (Phi) is 5.88. The zero-order valence-electron chi connectivity index (χ0n) is 18.3. The molecule has 7 nitrogen and oxygen atoms in total. The molecule has 1 N–H and O–H groups in total. The summed E-state index contributed by atoms with van der Waals surface area (Å²) in [6.45, 7) is 1.19. The number of nitrogens with one attached hydrogen (secondary N) is 1. The average Bonchev–Trinajstić information content (AvgIpc) is 3.57. The lowest BCUT2D eigenvalue weighted by molar-refractivity contribution is 0.101. The first-order valence-corrected chi connectivity index (χ1v) is 11.2. The van der Waals surface area contributed by atoms with E-state index in [0.29, 0.717) is 43.1 Å². The second-order valence-electron chi connectivity index (χ2n) is 8.57. The molecule has 9 heteroatoms. The van der Waals surface area contributed by atoms with Gasteiger partial charge in [0.1, 0.15) is 17.7 Å². The van der Waals surface area contributed by atoms with Crippen molar-refractivity contribution in [2.75, 3.05) is 23.3 Å². The summed E-state index contributed by atoms with van der Waals surface area (Å²) in [4.78, 5) is 14.9. The van der Waals surface area contributed by atoms with Gasteiger partial charge >= 0.3 is 0 Å². The molecular weight excluding hydrogens is 442 g/mol. The molecule has 3 aromatic rings. The standard InChI is InChI=1S/C25H22F2N4O3/c26-17-4-6-23(19(27)12-17)33-18-7-9-31(10-8-18)22-5-1-15(14-28)11-20(22)29-25(32)21-13-24(34-30-21)16-2-3-16/h1,4-6,11-13,16,18H,2-3,7-10H2,(H,29,32). The van der Waals surface area contributed by atoms with Crippen molar-refractivity contribution in [2.24, 2.45) is 0 Å². The minimum absolute atomic E-state index is 0.0318. The number of nitriles is 1. The Morgan fingerprint density at radius 1 is 1.12 bits per heavy atom. The predicted molar refractivity (Wildman–Crippen MR) is 120 cm³/mol. The summed E-state index contributed by atoms with van der Waals surface area (Å²) in [5, 5.41) is 16.1. The van der Waals surface area contributed by atoms with E-state index in [0.717, 1.165) is 30.4 Å². The number of hydrogen-bond donors (Lipinski definition) is 1. The van der Waals surface area contributed by atoms with Crippen molar-refractivity contribution in [3.8, 4) is 11.8 Å². The first kappa shape index (κ1) is 21.9. The van der Waals surface area contributed by atoms with Crippen LogP contribution in [0.25, 0.3) is 0 Å². The number of aromatic nitrogens is 1. The molecular formula is C25H22F2N4O3. The third-order valence-corrected chi connectivity index (χ3v) is 6.08. The van der Waals surface area contributed by atoms with Crippen LogP contribution in [0.5, 0.6) is 5.75 Å². The van der Waals surface area contributed by atoms with Gasteiger partial charge in [-0.3, -0.25) is 4.79 Å². The maximum Gasteiger partial charge on any atom is 0.277 e. The lowest BCUT2D eigenvalue weighted by atomic mass is 10.1. The number of nitrogens with zero attached hydrogens (tertiary/aromatic N) is 3. The Bertz CT molecular complexity index is 1260. The van der Waals surface area contributed by atoms with Gasteiger partial charge in [-0.05, 0) is 43.2 Å². The van der Waals surface area contributed by atoms with E-state index in [4.69, 9.17) is 9.26 Å². The molecule has 0 atom stereocenters. The van der Waals surface area contributed by atoms with Crippen LogP contribution in [-0.2, 0) is 0 Å². The number of benzene rings is 2. The van der Waals surface area contributed by atoms with Gasteiger partial charge in [0.15, 0.2) is 17.3 Å². The molecule has 1 amide bonds. The predicted octanol–water partition coefficient (Wildman–Crippen LogP) is 5.00. The number of ether oxygens (including phenoxy) is 1. The van der Waals surface area contributed by atoms with Crippen molar-refractivity contribution in [1.29, 1.82) is 5.26 Å². The van der Waals surface area contributed by atoms with Crippen LogP contribution in [0.1, 0.15) is 53.4 Å². The summed E-state index contributed by atoms with van der Waals surface area (Å²) in [5.74, 6) is -0.683. The molecule has 0 spiro atoms. The van der Waals surface area contributed by atoms with E-state index in [-0.39, 0.29) is 17.5 Å². The van der Waals surface area contributed by atoms with Gasteiger partial charge < -0.3 is 19.5 Å². The van der Waals surface area contributed by atoms with Crippen molar-refractivity contribution >= 4 is 17.3 Å². The smallest absolute Gasteiger partial charge is 0.277 e. The number of amides is 1. The maximum absolute atomic E-state index is 13.9. The van der Waals surface area contributed by atoms with E-state index in [1.165, 1.54) is 12.1 Å². The van der Waals surface area contributed by atoms with E-state index in [2.05, 4.69) is 21.4 Å². The van der Waals surface area contributed by atoms with Crippen molar-refractivity contribution in [3.63, 3.8) is 0 Å². The number of piperidine rings is 1. The molecule has 2 aliphatic rings. The molecule has 1 saturated carbocycles. The van der Waals surface area contributed by atoms with Gasteiger partial charge in [-0.25, -0.2) is 8.78 Å². The fraction of sp³-hybridized carbons (Fsp3) is 0.320. The van der Waals surface area contributed by atoms with Gasteiger partial charge in [-0.1, -0.05) is 5.16 Å². The van der Waals surface area contributed by atoms with E-state index in [9.17, 15) is 18.8 Å². The minimum atomic E-state index is -0.725. The quantitative estimate of drug-likeness (QED) is 0.552. The Balaban J connectivity index is 1.28. The number of hydrogen-bond acceptors (Lipinski definition) is 6. The monoisotopic (exact) mass is 464 g/mol. The summed E-state index contributed by atoms with van der Waals surface area (Å²) >= 11 is 0. The molecule has 0 bridgehead atoms. The highest BCUT2D eigenvalue weighted by atomic mass is 19.1. The molecule has 2 heterocycles. The molecule has 1 aromatic heterocycles. The fourth-order valence-corrected chi connectivity index (χ4v) is 4.09. The van der Waals surface area contributed by atoms with Crippen molar-refractivity contribution < 1.29 is 22.8 Å². The van der Waals surface area contributed by atoms with Crippen LogP contribution < -0.4 is 15.0 Å². The summed E-state index contributed by atoms with van der Waals surface area (Å²) in [7, 11) is 0. The number of carbonyl (C=O) groups is 1. The molecule has 2 aromatic carbocycles. The van der Waals surface area contributed by atoms with Gasteiger partial charge in [-0.15, -0.1) is 0 Å². The second-order valence-corrected chi connectivity index (χ2v) is 8.57. The lowest BCUT2D eigenvalue weighted by Gasteiger charge is -2.34. The highest BCUT2D eigenvalue weighted by Gasteiger charge is 2.29. The van der Waals surface area contributed by atoms with Crippen LogP contribution in [-0.4, -0.2) is 30.3 Å². The SMILES string of the molecule is N#Cc1ccc(N2CCC(Oc3ccc(F)cc3F)CC2)c(NC(=O)c2cc(C3CC3)on2)c1. The molecule has 34 heavy (non-hydrogen) atoms. The van der Waals surface area contributed by atoms with Crippen LogP contribution >= 0.6 is 0 Å². The van der Waals surface area contributed by atoms with Gasteiger partial charge in [-0.2, -0.15) is 5.26 Å². The highest BCUT2D eigenvalue weighted by Crippen LogP contribution is 2.40. The summed E-state index contributed by atoms with van der Waals surface area (Å²) in [6.07, 6.45) is 3.08. The Morgan fingerprint density at radius 2 is 1.91 bits per heavy atom. The van der Waals surface area contributed by atoms with Crippen LogP contribution in [0.15, 0.2) is 47.0 Å². The summed E-state index contributed by atoms with van der Waals surface area (Å²) in [6, 6.07) is 12.2. The van der Waals surface area contributed by atoms with Crippen LogP contribution in [0.3, 0.4) is 0 Å². The Hall–Kier alpha value is -3.93.